The van der Waals surface area contributed by atoms with Gasteiger partial charge in [-0.05, 0) is 42.5 Å². The molecule has 2 heterocycles. The van der Waals surface area contributed by atoms with Crippen LogP contribution in [0, 0.1) is 0 Å². The predicted molar refractivity (Wildman–Crippen MR) is 116 cm³/mol. The van der Waals surface area contributed by atoms with Gasteiger partial charge in [-0.25, -0.2) is 0 Å². The number of nitrogens with zero attached hydrogens (tertiary/aromatic N) is 4. The van der Waals surface area contributed by atoms with Gasteiger partial charge in [0.1, 0.15) is 5.75 Å². The van der Waals surface area contributed by atoms with E-state index < -0.39 is 17.6 Å². The van der Waals surface area contributed by atoms with Crippen molar-refractivity contribution in [2.75, 3.05) is 29.6 Å². The first-order chi connectivity index (χ1) is 15.3. The van der Waals surface area contributed by atoms with Crippen LogP contribution in [-0.2, 0) is 17.5 Å². The van der Waals surface area contributed by atoms with Gasteiger partial charge in [-0.15, -0.1) is 10.2 Å². The molecule has 0 atom stereocenters. The van der Waals surface area contributed by atoms with Crippen molar-refractivity contribution in [3.05, 3.63) is 53.1 Å². The number of ether oxygens (including phenoxy) is 1. The average molecular weight is 484 g/mol. The molecule has 1 amide bonds. The third-order valence-corrected chi connectivity index (χ3v) is 6.07. The Morgan fingerprint density at radius 3 is 2.62 bits per heavy atom. The first kappa shape index (κ1) is 22.3. The van der Waals surface area contributed by atoms with Gasteiger partial charge in [0.25, 0.3) is 0 Å². The molecule has 0 saturated heterocycles. The lowest BCUT2D eigenvalue weighted by Crippen LogP contribution is -2.16. The summed E-state index contributed by atoms with van der Waals surface area (Å²) in [7, 11) is 1.60. The van der Waals surface area contributed by atoms with E-state index in [4.69, 9.17) is 16.3 Å². The molecule has 0 fully saturated rings. The molecule has 12 heteroatoms. The number of nitrogens with one attached hydrogen (secondary N) is 1. The van der Waals surface area contributed by atoms with Crippen molar-refractivity contribution >= 4 is 46.6 Å². The van der Waals surface area contributed by atoms with Crippen molar-refractivity contribution in [1.82, 2.24) is 14.8 Å². The van der Waals surface area contributed by atoms with Crippen LogP contribution in [0.2, 0.25) is 5.02 Å². The Labute approximate surface area is 190 Å². The van der Waals surface area contributed by atoms with Crippen LogP contribution in [0.5, 0.6) is 5.75 Å². The number of carbonyl (C=O) groups excluding carboxylic acids is 1. The number of aromatic nitrogens is 3. The van der Waals surface area contributed by atoms with Gasteiger partial charge >= 0.3 is 6.18 Å². The van der Waals surface area contributed by atoms with Crippen LogP contribution < -0.4 is 15.0 Å². The normalized spacial score (nSPS) is 13.2. The monoisotopic (exact) mass is 483 g/mol. The zero-order valence-corrected chi connectivity index (χ0v) is 18.3. The van der Waals surface area contributed by atoms with E-state index in [2.05, 4.69) is 15.5 Å². The molecule has 1 aliphatic heterocycles. The minimum Gasteiger partial charge on any atom is -0.497 e. The van der Waals surface area contributed by atoms with Gasteiger partial charge < -0.3 is 15.0 Å². The summed E-state index contributed by atoms with van der Waals surface area (Å²) in [6, 6.07) is 10.3. The number of amides is 1. The van der Waals surface area contributed by atoms with E-state index >= 15 is 0 Å². The number of halogens is 4. The van der Waals surface area contributed by atoms with E-state index in [1.165, 1.54) is 0 Å². The van der Waals surface area contributed by atoms with Gasteiger partial charge in [0.05, 0.1) is 29.1 Å². The second kappa shape index (κ2) is 8.91. The Hall–Kier alpha value is -2.92. The number of hydrogen-bond acceptors (Lipinski definition) is 6. The minimum atomic E-state index is -4.53. The molecule has 0 spiro atoms. The fourth-order valence-electron chi connectivity index (χ4n) is 3.20. The summed E-state index contributed by atoms with van der Waals surface area (Å²) in [5.41, 5.74) is -0.0478. The van der Waals surface area contributed by atoms with Gasteiger partial charge in [-0.1, -0.05) is 23.4 Å². The molecular formula is C20H17ClF3N5O2S. The lowest BCUT2D eigenvalue weighted by atomic mass is 10.2. The fraction of sp³-hybridized carbons (Fsp3) is 0.250. The molecule has 0 unspecified atom stereocenters. The third-order valence-electron chi connectivity index (χ3n) is 4.77. The van der Waals surface area contributed by atoms with E-state index in [0.29, 0.717) is 24.2 Å². The molecule has 0 aliphatic carbocycles. The smallest absolute Gasteiger partial charge is 0.416 e. The fourth-order valence-corrected chi connectivity index (χ4v) is 4.13. The van der Waals surface area contributed by atoms with Crippen LogP contribution in [0.1, 0.15) is 5.56 Å². The molecule has 4 rings (SSSR count). The maximum absolute atomic E-state index is 12.9. The largest absolute Gasteiger partial charge is 0.497 e. The van der Waals surface area contributed by atoms with Gasteiger partial charge in [0.15, 0.2) is 5.16 Å². The molecule has 3 aromatic rings. The Balaban J connectivity index is 1.41. The Kier molecular flexibility index (Phi) is 6.20. The molecule has 2 aromatic carbocycles. The molecule has 32 heavy (non-hydrogen) atoms. The Morgan fingerprint density at radius 1 is 1.19 bits per heavy atom. The first-order valence-corrected chi connectivity index (χ1v) is 10.8. The zero-order chi connectivity index (χ0) is 22.9. The SMILES string of the molecule is COc1ccc(N2CCn3c(SCC(=O)Nc4cc(C(F)(F)F)ccc4Cl)nnc32)cc1. The minimum absolute atomic E-state index is 0.0230. The van der Waals surface area contributed by atoms with E-state index in [1.807, 2.05) is 33.7 Å². The van der Waals surface area contributed by atoms with Gasteiger partial charge in [0.2, 0.25) is 11.9 Å². The van der Waals surface area contributed by atoms with Crippen LogP contribution >= 0.6 is 23.4 Å². The van der Waals surface area contributed by atoms with Crippen LogP contribution in [0.3, 0.4) is 0 Å². The highest BCUT2D eigenvalue weighted by molar-refractivity contribution is 7.99. The Morgan fingerprint density at radius 2 is 1.94 bits per heavy atom. The highest BCUT2D eigenvalue weighted by Gasteiger charge is 2.31. The number of benzene rings is 2. The van der Waals surface area contributed by atoms with E-state index in [9.17, 15) is 18.0 Å². The molecular weight excluding hydrogens is 467 g/mol. The van der Waals surface area contributed by atoms with Crippen molar-refractivity contribution in [2.45, 2.75) is 17.9 Å². The Bertz CT molecular complexity index is 1140. The molecule has 1 aliphatic rings. The first-order valence-electron chi connectivity index (χ1n) is 9.40. The van der Waals surface area contributed by atoms with E-state index in [1.54, 1.807) is 7.11 Å². The predicted octanol–water partition coefficient (Wildman–Crippen LogP) is 4.84. The number of fused-ring (bicyclic) bond motifs is 1. The highest BCUT2D eigenvalue weighted by atomic mass is 35.5. The van der Waals surface area contributed by atoms with Crippen molar-refractivity contribution < 1.29 is 22.7 Å². The molecule has 168 valence electrons. The molecule has 1 aromatic heterocycles. The number of anilines is 3. The quantitative estimate of drug-likeness (QED) is 0.506. The number of methoxy groups -OCH3 is 1. The lowest BCUT2D eigenvalue weighted by molar-refractivity contribution is -0.137. The van der Waals surface area contributed by atoms with Gasteiger partial charge in [-0.2, -0.15) is 13.2 Å². The number of carbonyl (C=O) groups is 1. The summed E-state index contributed by atoms with van der Waals surface area (Å²) in [5.74, 6) is 0.836. The summed E-state index contributed by atoms with van der Waals surface area (Å²) >= 11 is 7.08. The van der Waals surface area contributed by atoms with Gasteiger partial charge in [0, 0.05) is 18.8 Å². The molecule has 1 N–H and O–H groups in total. The van der Waals surface area contributed by atoms with Crippen molar-refractivity contribution in [3.8, 4) is 5.75 Å². The molecule has 0 radical (unpaired) electrons. The second-order valence-corrected chi connectivity index (χ2v) is 8.16. The number of alkyl halides is 3. The average Bonchev–Trinajstić information content (AvgIpc) is 3.35. The third kappa shape index (κ3) is 4.63. The zero-order valence-electron chi connectivity index (χ0n) is 16.7. The summed E-state index contributed by atoms with van der Waals surface area (Å²) < 4.78 is 45.8. The van der Waals surface area contributed by atoms with Crippen LogP contribution in [-0.4, -0.2) is 40.1 Å². The number of rotatable bonds is 6. The topological polar surface area (TPSA) is 72.3 Å². The van der Waals surface area contributed by atoms with E-state index in [-0.39, 0.29) is 16.5 Å². The van der Waals surface area contributed by atoms with E-state index in [0.717, 1.165) is 41.4 Å². The summed E-state index contributed by atoms with van der Waals surface area (Å²) in [6.07, 6.45) is -4.53. The molecule has 7 nitrogen and oxygen atoms in total. The lowest BCUT2D eigenvalue weighted by Gasteiger charge is -2.15. The maximum Gasteiger partial charge on any atom is 0.416 e. The second-order valence-electron chi connectivity index (χ2n) is 6.81. The van der Waals surface area contributed by atoms with Crippen LogP contribution in [0.4, 0.5) is 30.5 Å². The van der Waals surface area contributed by atoms with Crippen molar-refractivity contribution in [1.29, 1.82) is 0 Å². The standard InChI is InChI=1S/C20H17ClF3N5O2S/c1-31-14-5-3-13(4-6-14)28-8-9-29-18(28)26-27-19(29)32-11-17(30)25-16-10-12(20(22,23)24)2-7-15(16)21/h2-7,10H,8-9,11H2,1H3,(H,25,30). The summed E-state index contributed by atoms with van der Waals surface area (Å²) in [5, 5.41) is 11.4. The number of thioether (sulfide) groups is 1. The van der Waals surface area contributed by atoms with Crippen LogP contribution in [0.25, 0.3) is 0 Å². The highest BCUT2D eigenvalue weighted by Crippen LogP contribution is 2.35. The summed E-state index contributed by atoms with van der Waals surface area (Å²) in [6.45, 7) is 1.33. The van der Waals surface area contributed by atoms with Crippen molar-refractivity contribution in [2.24, 2.45) is 0 Å². The van der Waals surface area contributed by atoms with Crippen LogP contribution in [0.15, 0.2) is 47.6 Å². The molecule has 0 bridgehead atoms. The molecule has 0 saturated carbocycles. The maximum atomic E-state index is 12.9. The van der Waals surface area contributed by atoms with Gasteiger partial charge in [-0.3, -0.25) is 9.36 Å². The number of hydrogen-bond donors (Lipinski definition) is 1. The summed E-state index contributed by atoms with van der Waals surface area (Å²) in [4.78, 5) is 14.3. The van der Waals surface area contributed by atoms with Crippen molar-refractivity contribution in [3.63, 3.8) is 0 Å².